The van der Waals surface area contributed by atoms with E-state index in [1.165, 1.54) is 19.3 Å². The summed E-state index contributed by atoms with van der Waals surface area (Å²) in [7, 11) is 1.70. The fourth-order valence-electron chi connectivity index (χ4n) is 2.32. The third-order valence-electron chi connectivity index (χ3n) is 3.25. The molecule has 1 heterocycles. The van der Waals surface area contributed by atoms with Crippen molar-refractivity contribution < 1.29 is 4.92 Å². The summed E-state index contributed by atoms with van der Waals surface area (Å²) in [5.41, 5.74) is 4.57. The summed E-state index contributed by atoms with van der Waals surface area (Å²) in [6.45, 7) is 2.00. The van der Waals surface area contributed by atoms with Crippen molar-refractivity contribution in [3.63, 3.8) is 0 Å². The highest BCUT2D eigenvalue weighted by Crippen LogP contribution is 2.26. The Balaban J connectivity index is 2.34. The standard InChI is InChI=1S/C13H18N4O2/c1-14-15-10-11-9-12(17(18)19)5-6-13(11)16-7-3-2-4-8-16/h5-6,9-10,14H,2-4,7-8H2,1H3/b15-10+. The summed E-state index contributed by atoms with van der Waals surface area (Å²) in [6.07, 6.45) is 5.22. The maximum absolute atomic E-state index is 10.8. The Hall–Kier alpha value is -2.11. The molecule has 1 saturated heterocycles. The molecule has 0 amide bonds. The molecule has 6 heteroatoms. The second-order valence-electron chi connectivity index (χ2n) is 4.53. The van der Waals surface area contributed by atoms with Gasteiger partial charge in [0.2, 0.25) is 0 Å². The zero-order chi connectivity index (χ0) is 13.7. The summed E-state index contributed by atoms with van der Waals surface area (Å²) >= 11 is 0. The fraction of sp³-hybridized carbons (Fsp3) is 0.462. The molecule has 1 aromatic rings. The van der Waals surface area contributed by atoms with E-state index in [2.05, 4.69) is 15.4 Å². The summed E-state index contributed by atoms with van der Waals surface area (Å²) < 4.78 is 0. The summed E-state index contributed by atoms with van der Waals surface area (Å²) in [6, 6.07) is 4.95. The lowest BCUT2D eigenvalue weighted by atomic mass is 10.1. The molecule has 1 aromatic carbocycles. The first-order chi connectivity index (χ1) is 9.22. The molecule has 0 bridgehead atoms. The highest BCUT2D eigenvalue weighted by atomic mass is 16.6. The molecule has 0 spiro atoms. The molecule has 6 nitrogen and oxygen atoms in total. The summed E-state index contributed by atoms with van der Waals surface area (Å²) in [5, 5.41) is 14.8. The largest absolute Gasteiger partial charge is 0.371 e. The molecule has 0 aliphatic carbocycles. The third-order valence-corrected chi connectivity index (χ3v) is 3.25. The molecule has 1 aliphatic heterocycles. The van der Waals surface area contributed by atoms with Crippen molar-refractivity contribution in [3.05, 3.63) is 33.9 Å². The van der Waals surface area contributed by atoms with Crippen molar-refractivity contribution in [1.82, 2.24) is 5.43 Å². The fourth-order valence-corrected chi connectivity index (χ4v) is 2.32. The minimum atomic E-state index is -0.378. The van der Waals surface area contributed by atoms with Gasteiger partial charge in [0, 0.05) is 43.5 Å². The first kappa shape index (κ1) is 13.3. The van der Waals surface area contributed by atoms with Gasteiger partial charge in [-0.15, -0.1) is 0 Å². The Bertz CT molecular complexity index is 482. The lowest BCUT2D eigenvalue weighted by Crippen LogP contribution is -2.30. The number of hydrazone groups is 1. The molecule has 19 heavy (non-hydrogen) atoms. The zero-order valence-corrected chi connectivity index (χ0v) is 11.0. The number of hydrogen-bond acceptors (Lipinski definition) is 5. The molecule has 0 aromatic heterocycles. The summed E-state index contributed by atoms with van der Waals surface area (Å²) in [4.78, 5) is 12.7. The van der Waals surface area contributed by atoms with Crippen LogP contribution < -0.4 is 10.3 Å². The van der Waals surface area contributed by atoms with E-state index in [1.807, 2.05) is 6.07 Å². The number of nitro benzene ring substituents is 1. The maximum Gasteiger partial charge on any atom is 0.270 e. The van der Waals surface area contributed by atoms with E-state index >= 15 is 0 Å². The Morgan fingerprint density at radius 2 is 2.11 bits per heavy atom. The van der Waals surface area contributed by atoms with Crippen molar-refractivity contribution >= 4 is 17.6 Å². The lowest BCUT2D eigenvalue weighted by molar-refractivity contribution is -0.384. The summed E-state index contributed by atoms with van der Waals surface area (Å²) in [5.74, 6) is 0. The molecule has 0 radical (unpaired) electrons. The second-order valence-corrected chi connectivity index (χ2v) is 4.53. The van der Waals surface area contributed by atoms with Crippen LogP contribution in [0.1, 0.15) is 24.8 Å². The van der Waals surface area contributed by atoms with Crippen LogP contribution >= 0.6 is 0 Å². The lowest BCUT2D eigenvalue weighted by Gasteiger charge is -2.29. The Morgan fingerprint density at radius 1 is 1.37 bits per heavy atom. The van der Waals surface area contributed by atoms with Crippen LogP contribution in [-0.2, 0) is 0 Å². The van der Waals surface area contributed by atoms with E-state index in [4.69, 9.17) is 0 Å². The number of hydrogen-bond donors (Lipinski definition) is 1. The predicted octanol–water partition coefficient (Wildman–Crippen LogP) is 2.14. The van der Waals surface area contributed by atoms with E-state index in [0.29, 0.717) is 0 Å². The molecule has 0 saturated carbocycles. The molecule has 0 unspecified atom stereocenters. The van der Waals surface area contributed by atoms with E-state index < -0.39 is 0 Å². The van der Waals surface area contributed by atoms with E-state index in [9.17, 15) is 10.1 Å². The normalized spacial score (nSPS) is 15.7. The van der Waals surface area contributed by atoms with E-state index in [0.717, 1.165) is 24.3 Å². The van der Waals surface area contributed by atoms with Gasteiger partial charge in [0.1, 0.15) is 0 Å². The second kappa shape index (κ2) is 6.17. The number of non-ortho nitro benzene ring substituents is 1. The Morgan fingerprint density at radius 3 is 2.74 bits per heavy atom. The monoisotopic (exact) mass is 262 g/mol. The van der Waals surface area contributed by atoms with Gasteiger partial charge < -0.3 is 10.3 Å². The number of anilines is 1. The average Bonchev–Trinajstić information content (AvgIpc) is 2.45. The minimum Gasteiger partial charge on any atom is -0.371 e. The molecular formula is C13H18N4O2. The highest BCUT2D eigenvalue weighted by Gasteiger charge is 2.16. The molecule has 0 atom stereocenters. The molecule has 1 N–H and O–H groups in total. The van der Waals surface area contributed by atoms with Crippen molar-refractivity contribution in [2.24, 2.45) is 5.10 Å². The average molecular weight is 262 g/mol. The van der Waals surface area contributed by atoms with Crippen LogP contribution in [0.4, 0.5) is 11.4 Å². The van der Waals surface area contributed by atoms with Gasteiger partial charge in [-0.05, 0) is 25.3 Å². The Labute approximate surface area is 112 Å². The van der Waals surface area contributed by atoms with Crippen LogP contribution in [0.25, 0.3) is 0 Å². The molecule has 102 valence electrons. The van der Waals surface area contributed by atoms with Gasteiger partial charge in [-0.3, -0.25) is 10.1 Å². The van der Waals surface area contributed by atoms with Crippen molar-refractivity contribution in [2.45, 2.75) is 19.3 Å². The van der Waals surface area contributed by atoms with Crippen LogP contribution in [0, 0.1) is 10.1 Å². The number of benzene rings is 1. The zero-order valence-electron chi connectivity index (χ0n) is 11.0. The predicted molar refractivity (Wildman–Crippen MR) is 75.8 cm³/mol. The highest BCUT2D eigenvalue weighted by molar-refractivity contribution is 5.89. The van der Waals surface area contributed by atoms with Gasteiger partial charge in [-0.2, -0.15) is 5.10 Å². The van der Waals surface area contributed by atoms with Gasteiger partial charge in [-0.1, -0.05) is 0 Å². The number of rotatable bonds is 4. The van der Waals surface area contributed by atoms with Crippen LogP contribution in [0.2, 0.25) is 0 Å². The quantitative estimate of drug-likeness (QED) is 0.512. The van der Waals surface area contributed by atoms with Gasteiger partial charge in [0.05, 0.1) is 11.1 Å². The maximum atomic E-state index is 10.8. The molecular weight excluding hydrogens is 244 g/mol. The molecule has 1 aliphatic rings. The van der Waals surface area contributed by atoms with Gasteiger partial charge in [-0.25, -0.2) is 0 Å². The number of piperidine rings is 1. The molecule has 1 fully saturated rings. The van der Waals surface area contributed by atoms with Crippen LogP contribution in [0.15, 0.2) is 23.3 Å². The van der Waals surface area contributed by atoms with Crippen molar-refractivity contribution in [1.29, 1.82) is 0 Å². The molecule has 2 rings (SSSR count). The first-order valence-corrected chi connectivity index (χ1v) is 6.45. The number of nitrogens with one attached hydrogen (secondary N) is 1. The third kappa shape index (κ3) is 3.21. The van der Waals surface area contributed by atoms with E-state index in [-0.39, 0.29) is 10.6 Å². The van der Waals surface area contributed by atoms with Crippen LogP contribution in [0.3, 0.4) is 0 Å². The number of nitrogens with zero attached hydrogens (tertiary/aromatic N) is 3. The number of nitro groups is 1. The van der Waals surface area contributed by atoms with Crippen molar-refractivity contribution in [2.75, 3.05) is 25.0 Å². The van der Waals surface area contributed by atoms with Gasteiger partial charge in [0.25, 0.3) is 5.69 Å². The first-order valence-electron chi connectivity index (χ1n) is 6.45. The van der Waals surface area contributed by atoms with Crippen molar-refractivity contribution in [3.8, 4) is 0 Å². The smallest absolute Gasteiger partial charge is 0.270 e. The topological polar surface area (TPSA) is 70.8 Å². The minimum absolute atomic E-state index is 0.0957. The van der Waals surface area contributed by atoms with Crippen LogP contribution in [-0.4, -0.2) is 31.3 Å². The SMILES string of the molecule is CN/N=C/c1cc([N+](=O)[O-])ccc1N1CCCCC1. The van der Waals surface area contributed by atoms with Gasteiger partial charge in [0.15, 0.2) is 0 Å². The van der Waals surface area contributed by atoms with Crippen LogP contribution in [0.5, 0.6) is 0 Å². The Kier molecular flexibility index (Phi) is 4.33. The van der Waals surface area contributed by atoms with Gasteiger partial charge >= 0.3 is 0 Å². The van der Waals surface area contributed by atoms with E-state index in [1.54, 1.807) is 25.4 Å².